The second kappa shape index (κ2) is 11.5. The average molecular weight is 434 g/mol. The molecule has 5 nitrogen and oxygen atoms in total. The summed E-state index contributed by atoms with van der Waals surface area (Å²) < 4.78 is 5.66. The number of nitrogens with one attached hydrogen (secondary N) is 2. The fourth-order valence-electron chi connectivity index (χ4n) is 1.61. The van der Waals surface area contributed by atoms with Gasteiger partial charge in [0.2, 0.25) is 0 Å². The zero-order chi connectivity index (χ0) is 16.4. The third-order valence-corrected chi connectivity index (χ3v) is 3.59. The fraction of sp³-hybridized carbons (Fsp3) is 0.588. The summed E-state index contributed by atoms with van der Waals surface area (Å²) >= 11 is 0. The summed E-state index contributed by atoms with van der Waals surface area (Å²) in [6, 6.07) is 9.83. The molecule has 0 saturated heterocycles. The minimum Gasteiger partial charge on any atom is -0.492 e. The first kappa shape index (κ1) is 22.0. The molecule has 0 unspecified atom stereocenters. The van der Waals surface area contributed by atoms with Crippen molar-refractivity contribution in [2.75, 3.05) is 40.3 Å². The number of para-hydroxylation sites is 1. The van der Waals surface area contributed by atoms with Crippen molar-refractivity contribution in [2.24, 2.45) is 4.99 Å². The first-order valence-electron chi connectivity index (χ1n) is 7.83. The molecule has 132 valence electrons. The molecule has 0 saturated carbocycles. The van der Waals surface area contributed by atoms with Gasteiger partial charge in [-0.1, -0.05) is 18.2 Å². The molecular weight excluding hydrogens is 403 g/mol. The van der Waals surface area contributed by atoms with Gasteiger partial charge in [-0.2, -0.15) is 0 Å². The molecule has 0 aliphatic heterocycles. The van der Waals surface area contributed by atoms with Crippen LogP contribution in [0.25, 0.3) is 0 Å². The number of aliphatic imine (C=N–C) groups is 1. The van der Waals surface area contributed by atoms with Crippen LogP contribution in [0, 0.1) is 0 Å². The van der Waals surface area contributed by atoms with Crippen molar-refractivity contribution in [2.45, 2.75) is 26.3 Å². The van der Waals surface area contributed by atoms with Gasteiger partial charge < -0.3 is 20.3 Å². The van der Waals surface area contributed by atoms with Gasteiger partial charge in [0.1, 0.15) is 12.4 Å². The summed E-state index contributed by atoms with van der Waals surface area (Å²) in [5.41, 5.74) is 0.0306. The highest BCUT2D eigenvalue weighted by Crippen LogP contribution is 2.10. The van der Waals surface area contributed by atoms with Crippen molar-refractivity contribution in [1.82, 2.24) is 15.5 Å². The Labute approximate surface area is 157 Å². The van der Waals surface area contributed by atoms with E-state index in [2.05, 4.69) is 55.4 Å². The van der Waals surface area contributed by atoms with E-state index in [1.807, 2.05) is 30.3 Å². The normalized spacial score (nSPS) is 11.8. The number of likely N-dealkylation sites (N-methyl/N-ethyl adjacent to an activating group) is 1. The molecule has 0 amide bonds. The van der Waals surface area contributed by atoms with E-state index < -0.39 is 0 Å². The summed E-state index contributed by atoms with van der Waals surface area (Å²) in [5.74, 6) is 1.72. The van der Waals surface area contributed by atoms with Gasteiger partial charge in [-0.3, -0.25) is 4.99 Å². The Morgan fingerprint density at radius 2 is 1.83 bits per heavy atom. The minimum absolute atomic E-state index is 0. The van der Waals surface area contributed by atoms with Crippen LogP contribution in [0.2, 0.25) is 0 Å². The Morgan fingerprint density at radius 3 is 2.39 bits per heavy atom. The molecule has 0 aromatic heterocycles. The van der Waals surface area contributed by atoms with Gasteiger partial charge in [-0.25, -0.2) is 0 Å². The van der Waals surface area contributed by atoms with E-state index in [4.69, 9.17) is 4.74 Å². The molecule has 0 spiro atoms. The van der Waals surface area contributed by atoms with Crippen molar-refractivity contribution in [1.29, 1.82) is 0 Å². The first-order chi connectivity index (χ1) is 10.5. The molecule has 0 radical (unpaired) electrons. The van der Waals surface area contributed by atoms with Crippen molar-refractivity contribution in [3.63, 3.8) is 0 Å². The smallest absolute Gasteiger partial charge is 0.191 e. The average Bonchev–Trinajstić information content (AvgIpc) is 2.50. The molecule has 2 N–H and O–H groups in total. The number of ether oxygens (including phenoxy) is 1. The molecule has 0 heterocycles. The van der Waals surface area contributed by atoms with Crippen LogP contribution in [0.15, 0.2) is 35.3 Å². The zero-order valence-electron chi connectivity index (χ0n) is 14.9. The zero-order valence-corrected chi connectivity index (χ0v) is 17.3. The topological polar surface area (TPSA) is 48.9 Å². The monoisotopic (exact) mass is 434 g/mol. The molecule has 23 heavy (non-hydrogen) atoms. The SMILES string of the molecule is CCNC(=NCC(C)(C)N(C)C)NCCOc1ccccc1.I. The molecule has 6 heteroatoms. The quantitative estimate of drug-likeness (QED) is 0.286. The van der Waals surface area contributed by atoms with Crippen LogP contribution in [-0.4, -0.2) is 56.7 Å². The van der Waals surface area contributed by atoms with Gasteiger partial charge in [0.05, 0.1) is 13.1 Å². The molecule has 1 aromatic rings. The second-order valence-corrected chi connectivity index (χ2v) is 5.99. The maximum Gasteiger partial charge on any atom is 0.191 e. The highest BCUT2D eigenvalue weighted by molar-refractivity contribution is 14.0. The summed E-state index contributed by atoms with van der Waals surface area (Å²) in [5, 5.41) is 6.56. The summed E-state index contributed by atoms with van der Waals surface area (Å²) in [6.45, 7) is 9.31. The first-order valence-corrected chi connectivity index (χ1v) is 7.83. The number of rotatable bonds is 8. The largest absolute Gasteiger partial charge is 0.492 e. The van der Waals surface area contributed by atoms with Crippen LogP contribution in [0.4, 0.5) is 0 Å². The number of nitrogens with zero attached hydrogens (tertiary/aromatic N) is 2. The minimum atomic E-state index is 0. The van der Waals surface area contributed by atoms with Gasteiger partial charge in [0.25, 0.3) is 0 Å². The number of hydrogen-bond donors (Lipinski definition) is 2. The Kier molecular flexibility index (Phi) is 11.0. The van der Waals surface area contributed by atoms with E-state index in [9.17, 15) is 0 Å². The van der Waals surface area contributed by atoms with Gasteiger partial charge >= 0.3 is 0 Å². The number of benzene rings is 1. The van der Waals surface area contributed by atoms with Crippen LogP contribution in [0.3, 0.4) is 0 Å². The Hall–Kier alpha value is -1.02. The van der Waals surface area contributed by atoms with Gasteiger partial charge in [-0.05, 0) is 47.0 Å². The van der Waals surface area contributed by atoms with Crippen LogP contribution in [0.5, 0.6) is 5.75 Å². The lowest BCUT2D eigenvalue weighted by Crippen LogP contribution is -2.44. The standard InChI is InChI=1S/C17H30N4O.HI/c1-6-18-16(20-14-17(2,3)21(4)5)19-12-13-22-15-10-8-7-9-11-15;/h7-11H,6,12-14H2,1-5H3,(H2,18,19,20);1H. The van der Waals surface area contributed by atoms with Crippen LogP contribution in [-0.2, 0) is 0 Å². The van der Waals surface area contributed by atoms with E-state index in [0.29, 0.717) is 13.2 Å². The highest BCUT2D eigenvalue weighted by Gasteiger charge is 2.19. The second-order valence-electron chi connectivity index (χ2n) is 5.99. The number of guanidine groups is 1. The van der Waals surface area contributed by atoms with Crippen molar-refractivity contribution >= 4 is 29.9 Å². The molecule has 0 atom stereocenters. The van der Waals surface area contributed by atoms with Crippen molar-refractivity contribution < 1.29 is 4.74 Å². The van der Waals surface area contributed by atoms with Gasteiger partial charge in [0.15, 0.2) is 5.96 Å². The molecule has 1 rings (SSSR count). The van der Waals surface area contributed by atoms with Crippen molar-refractivity contribution in [3.8, 4) is 5.75 Å². The molecule has 0 aliphatic rings. The summed E-state index contributed by atoms with van der Waals surface area (Å²) in [4.78, 5) is 6.83. The predicted molar refractivity (Wildman–Crippen MR) is 109 cm³/mol. The van der Waals surface area contributed by atoms with E-state index >= 15 is 0 Å². The maximum atomic E-state index is 5.66. The van der Waals surface area contributed by atoms with E-state index in [1.54, 1.807) is 0 Å². The van der Waals surface area contributed by atoms with E-state index in [-0.39, 0.29) is 29.5 Å². The number of hydrogen-bond acceptors (Lipinski definition) is 3. The van der Waals surface area contributed by atoms with Crippen LogP contribution >= 0.6 is 24.0 Å². The van der Waals surface area contributed by atoms with Crippen molar-refractivity contribution in [3.05, 3.63) is 30.3 Å². The third kappa shape index (κ3) is 9.00. The van der Waals surface area contributed by atoms with Gasteiger partial charge in [0, 0.05) is 12.1 Å². The Bertz CT molecular complexity index is 449. The lowest BCUT2D eigenvalue weighted by molar-refractivity contribution is 0.204. The Morgan fingerprint density at radius 1 is 1.17 bits per heavy atom. The summed E-state index contributed by atoms with van der Waals surface area (Å²) in [7, 11) is 4.15. The lowest BCUT2D eigenvalue weighted by atomic mass is 10.1. The summed E-state index contributed by atoms with van der Waals surface area (Å²) in [6.07, 6.45) is 0. The fourth-order valence-corrected chi connectivity index (χ4v) is 1.61. The third-order valence-electron chi connectivity index (χ3n) is 3.59. The highest BCUT2D eigenvalue weighted by atomic mass is 127. The predicted octanol–water partition coefficient (Wildman–Crippen LogP) is 2.58. The van der Waals surface area contributed by atoms with Crippen LogP contribution < -0.4 is 15.4 Å². The van der Waals surface area contributed by atoms with Crippen LogP contribution in [0.1, 0.15) is 20.8 Å². The molecule has 1 aromatic carbocycles. The van der Waals surface area contributed by atoms with E-state index in [0.717, 1.165) is 24.8 Å². The molecule has 0 aliphatic carbocycles. The number of halogens is 1. The Balaban J connectivity index is 0.00000484. The molecule has 0 fully saturated rings. The molecule has 0 bridgehead atoms. The molecular formula is C17H31IN4O. The van der Waals surface area contributed by atoms with Gasteiger partial charge in [-0.15, -0.1) is 24.0 Å². The lowest BCUT2D eigenvalue weighted by Gasteiger charge is -2.31. The maximum absolute atomic E-state index is 5.66. The van der Waals surface area contributed by atoms with E-state index in [1.165, 1.54) is 0 Å².